The van der Waals surface area contributed by atoms with E-state index >= 15 is 0 Å². The first kappa shape index (κ1) is 12.1. The van der Waals surface area contributed by atoms with Gasteiger partial charge in [0.1, 0.15) is 6.61 Å². The normalized spacial score (nSPS) is 10.9. The predicted octanol–water partition coefficient (Wildman–Crippen LogP) is 2.92. The second kappa shape index (κ2) is 5.31. The summed E-state index contributed by atoms with van der Waals surface area (Å²) in [5.74, 6) is 0.439. The first-order valence-corrected chi connectivity index (χ1v) is 5.57. The zero-order valence-electron chi connectivity index (χ0n) is 10.1. The van der Waals surface area contributed by atoms with Crippen LogP contribution >= 0.6 is 0 Å². The Morgan fingerprint density at radius 3 is 3.06 bits per heavy atom. The topological polar surface area (TPSA) is 54.7 Å². The van der Waals surface area contributed by atoms with Crippen molar-refractivity contribution in [2.24, 2.45) is 5.16 Å². The molecular weight excluding hydrogens is 228 g/mol. The van der Waals surface area contributed by atoms with Crippen LogP contribution in [0.3, 0.4) is 0 Å². The Morgan fingerprint density at radius 2 is 2.33 bits per heavy atom. The third-order valence-corrected chi connectivity index (χ3v) is 2.57. The molecule has 1 N–H and O–H groups in total. The summed E-state index contributed by atoms with van der Waals surface area (Å²) in [6.45, 7) is 5.95. The maximum atomic E-state index is 8.66. The number of hydrogen-bond donors (Lipinski definition) is 1. The van der Waals surface area contributed by atoms with E-state index in [0.717, 1.165) is 16.5 Å². The number of pyridine rings is 1. The molecular formula is C14H14N2O2. The lowest BCUT2D eigenvalue weighted by Gasteiger charge is -2.09. The summed E-state index contributed by atoms with van der Waals surface area (Å²) in [6.07, 6.45) is 2.96. The van der Waals surface area contributed by atoms with Crippen LogP contribution in [0.1, 0.15) is 11.1 Å². The van der Waals surface area contributed by atoms with Gasteiger partial charge in [0.2, 0.25) is 5.88 Å². The van der Waals surface area contributed by atoms with Gasteiger partial charge < -0.3 is 9.94 Å². The number of aryl methyl sites for hydroxylation is 1. The van der Waals surface area contributed by atoms with Crippen LogP contribution in [-0.2, 0) is 0 Å². The summed E-state index contributed by atoms with van der Waals surface area (Å²) in [5.41, 5.74) is 2.59. The maximum absolute atomic E-state index is 8.66. The van der Waals surface area contributed by atoms with Crippen LogP contribution in [0.4, 0.5) is 0 Å². The fourth-order valence-electron chi connectivity index (χ4n) is 1.75. The van der Waals surface area contributed by atoms with Crippen molar-refractivity contribution in [3.05, 3.63) is 48.0 Å². The van der Waals surface area contributed by atoms with Crippen LogP contribution in [-0.4, -0.2) is 23.0 Å². The van der Waals surface area contributed by atoms with E-state index in [1.807, 2.05) is 31.2 Å². The van der Waals surface area contributed by atoms with Crippen molar-refractivity contribution < 1.29 is 9.94 Å². The molecule has 4 nitrogen and oxygen atoms in total. The average Bonchev–Trinajstić information content (AvgIpc) is 2.37. The van der Waals surface area contributed by atoms with Crippen LogP contribution in [0.2, 0.25) is 0 Å². The van der Waals surface area contributed by atoms with E-state index < -0.39 is 0 Å². The van der Waals surface area contributed by atoms with Crippen molar-refractivity contribution >= 4 is 17.1 Å². The molecule has 2 aromatic rings. The Balaban J connectivity index is 2.60. The van der Waals surface area contributed by atoms with E-state index in [4.69, 9.17) is 9.94 Å². The first-order chi connectivity index (χ1) is 8.76. The Bertz CT molecular complexity index is 606. The van der Waals surface area contributed by atoms with Gasteiger partial charge in [0.15, 0.2) is 0 Å². The van der Waals surface area contributed by atoms with Gasteiger partial charge >= 0.3 is 0 Å². The second-order valence-electron chi connectivity index (χ2n) is 3.87. The molecule has 0 saturated heterocycles. The lowest BCUT2D eigenvalue weighted by atomic mass is 10.1. The molecule has 0 fully saturated rings. The summed E-state index contributed by atoms with van der Waals surface area (Å²) in [4.78, 5) is 4.46. The lowest BCUT2D eigenvalue weighted by molar-refractivity contribution is 0.320. The van der Waals surface area contributed by atoms with Crippen molar-refractivity contribution in [2.75, 3.05) is 6.61 Å². The summed E-state index contributed by atoms with van der Waals surface area (Å²) in [7, 11) is 0. The zero-order chi connectivity index (χ0) is 13.0. The van der Waals surface area contributed by atoms with Gasteiger partial charge in [-0.2, -0.15) is 0 Å². The molecule has 0 saturated carbocycles. The maximum Gasteiger partial charge on any atom is 0.223 e. The summed E-state index contributed by atoms with van der Waals surface area (Å²) in [6, 6.07) is 7.80. The summed E-state index contributed by atoms with van der Waals surface area (Å²) >= 11 is 0. The molecule has 0 spiro atoms. The van der Waals surface area contributed by atoms with E-state index in [1.54, 1.807) is 6.08 Å². The Morgan fingerprint density at radius 1 is 1.50 bits per heavy atom. The van der Waals surface area contributed by atoms with Crippen molar-refractivity contribution in [1.82, 2.24) is 4.98 Å². The van der Waals surface area contributed by atoms with E-state index in [-0.39, 0.29) is 0 Å². The summed E-state index contributed by atoms with van der Waals surface area (Å²) < 4.78 is 5.47. The highest BCUT2D eigenvalue weighted by Gasteiger charge is 2.08. The highest BCUT2D eigenvalue weighted by Crippen LogP contribution is 2.23. The molecule has 0 atom stereocenters. The Hall–Kier alpha value is -2.36. The Labute approximate surface area is 105 Å². The Kier molecular flexibility index (Phi) is 3.57. The number of hydrogen-bond acceptors (Lipinski definition) is 4. The number of oxime groups is 1. The molecule has 0 bridgehead atoms. The first-order valence-electron chi connectivity index (χ1n) is 5.57. The van der Waals surface area contributed by atoms with Crippen LogP contribution < -0.4 is 4.74 Å². The lowest BCUT2D eigenvalue weighted by Crippen LogP contribution is -2.01. The van der Waals surface area contributed by atoms with Crippen LogP contribution in [0.5, 0.6) is 5.88 Å². The SMILES string of the molecule is C=CCOc1nc2c(C)cccc2cc1/C=N/O. The van der Waals surface area contributed by atoms with E-state index in [9.17, 15) is 0 Å². The number of rotatable bonds is 4. The third-order valence-electron chi connectivity index (χ3n) is 2.57. The highest BCUT2D eigenvalue weighted by atomic mass is 16.5. The number of para-hydroxylation sites is 1. The number of nitrogens with zero attached hydrogens (tertiary/aromatic N) is 2. The summed E-state index contributed by atoms with van der Waals surface area (Å²) in [5, 5.41) is 12.7. The van der Waals surface area contributed by atoms with Crippen LogP contribution in [0.15, 0.2) is 42.1 Å². The molecule has 0 aliphatic heterocycles. The predicted molar refractivity (Wildman–Crippen MR) is 71.6 cm³/mol. The van der Waals surface area contributed by atoms with Gasteiger partial charge in [-0.05, 0) is 18.6 Å². The molecule has 1 aromatic heterocycles. The van der Waals surface area contributed by atoms with Gasteiger partial charge in [-0.25, -0.2) is 4.98 Å². The molecule has 4 heteroatoms. The van der Waals surface area contributed by atoms with Crippen LogP contribution in [0.25, 0.3) is 10.9 Å². The van der Waals surface area contributed by atoms with Gasteiger partial charge in [-0.15, -0.1) is 0 Å². The largest absolute Gasteiger partial charge is 0.473 e. The van der Waals surface area contributed by atoms with Gasteiger partial charge in [-0.3, -0.25) is 0 Å². The zero-order valence-corrected chi connectivity index (χ0v) is 10.1. The monoisotopic (exact) mass is 242 g/mol. The molecule has 18 heavy (non-hydrogen) atoms. The van der Waals surface area contributed by atoms with E-state index in [1.165, 1.54) is 6.21 Å². The molecule has 1 aromatic carbocycles. The van der Waals surface area contributed by atoms with Gasteiger partial charge in [0.05, 0.1) is 17.3 Å². The number of fused-ring (bicyclic) bond motifs is 1. The minimum Gasteiger partial charge on any atom is -0.473 e. The van der Waals surface area contributed by atoms with Crippen molar-refractivity contribution in [2.45, 2.75) is 6.92 Å². The number of aromatic nitrogens is 1. The van der Waals surface area contributed by atoms with E-state index in [2.05, 4.69) is 16.7 Å². The standard InChI is InChI=1S/C14H14N2O2/c1-3-7-18-14-12(9-15-17)8-11-6-4-5-10(2)13(11)16-14/h3-6,8-9,17H,1,7H2,2H3/b15-9+. The van der Waals surface area contributed by atoms with Crippen LogP contribution in [0, 0.1) is 6.92 Å². The minimum absolute atomic E-state index is 0.358. The smallest absolute Gasteiger partial charge is 0.223 e. The molecule has 0 aliphatic carbocycles. The second-order valence-corrected chi connectivity index (χ2v) is 3.87. The van der Waals surface area contributed by atoms with Gasteiger partial charge in [0.25, 0.3) is 0 Å². The highest BCUT2D eigenvalue weighted by molar-refractivity contribution is 5.91. The fraction of sp³-hybridized carbons (Fsp3) is 0.143. The molecule has 2 rings (SSSR count). The molecule has 0 radical (unpaired) electrons. The third kappa shape index (κ3) is 2.32. The number of benzene rings is 1. The van der Waals surface area contributed by atoms with E-state index in [0.29, 0.717) is 18.1 Å². The van der Waals surface area contributed by atoms with Gasteiger partial charge in [0, 0.05) is 5.39 Å². The van der Waals surface area contributed by atoms with Gasteiger partial charge in [-0.1, -0.05) is 36.0 Å². The molecule has 1 heterocycles. The molecule has 0 unspecified atom stereocenters. The molecule has 0 amide bonds. The van der Waals surface area contributed by atoms with Crippen molar-refractivity contribution in [1.29, 1.82) is 0 Å². The fourth-order valence-corrected chi connectivity index (χ4v) is 1.75. The number of ether oxygens (including phenoxy) is 1. The molecule has 0 aliphatic rings. The quantitative estimate of drug-likeness (QED) is 0.388. The van der Waals surface area contributed by atoms with Crippen molar-refractivity contribution in [3.8, 4) is 5.88 Å². The average molecular weight is 242 g/mol. The van der Waals surface area contributed by atoms with Crippen molar-refractivity contribution in [3.63, 3.8) is 0 Å². The molecule has 92 valence electrons. The minimum atomic E-state index is 0.358.